The maximum Gasteiger partial charge on any atom is 0.220 e. The van der Waals surface area contributed by atoms with E-state index in [0.717, 1.165) is 32.1 Å². The maximum atomic E-state index is 12.5. The highest BCUT2D eigenvalue weighted by atomic mass is 16.3. The fraction of sp³-hybridized carbons (Fsp3) is 0.912. The molecule has 0 rings (SSSR count). The van der Waals surface area contributed by atoms with Gasteiger partial charge in [-0.15, -0.1) is 0 Å². The average Bonchev–Trinajstić information content (AvgIpc) is 3.26. The Hall–Kier alpha value is -1.13. The zero-order chi connectivity index (χ0) is 44.2. The summed E-state index contributed by atoms with van der Waals surface area (Å²) in [5.74, 6) is -0.0255. The summed E-state index contributed by atoms with van der Waals surface area (Å²) in [6, 6.07) is -0.534. The summed E-state index contributed by atoms with van der Waals surface area (Å²) in [6.45, 7) is 4.38. The van der Waals surface area contributed by atoms with Crippen molar-refractivity contribution in [3.8, 4) is 0 Å². The maximum absolute atomic E-state index is 12.5. The molecule has 0 bridgehead atoms. The van der Waals surface area contributed by atoms with Crippen molar-refractivity contribution in [3.05, 3.63) is 24.3 Å². The predicted molar refractivity (Wildman–Crippen MR) is 272 cm³/mol. The van der Waals surface area contributed by atoms with Gasteiger partial charge in [-0.25, -0.2) is 0 Å². The summed E-state index contributed by atoms with van der Waals surface area (Å²) in [5, 5.41) is 23.3. The quantitative estimate of drug-likeness (QED) is 0.0422. The molecule has 0 saturated heterocycles. The molecule has 0 spiro atoms. The topological polar surface area (TPSA) is 69.6 Å². The zero-order valence-electron chi connectivity index (χ0n) is 41.7. The second-order valence-electron chi connectivity index (χ2n) is 19.4. The van der Waals surface area contributed by atoms with Crippen molar-refractivity contribution in [2.75, 3.05) is 6.61 Å². The molecule has 2 unspecified atom stereocenters. The molecule has 0 aliphatic carbocycles. The van der Waals surface area contributed by atoms with Crippen LogP contribution in [0.2, 0.25) is 0 Å². The van der Waals surface area contributed by atoms with E-state index in [1.54, 1.807) is 0 Å². The molecule has 0 saturated carbocycles. The number of hydrogen-bond donors (Lipinski definition) is 3. The van der Waals surface area contributed by atoms with Crippen molar-refractivity contribution in [1.82, 2.24) is 5.32 Å². The normalized spacial score (nSPS) is 12.9. The van der Waals surface area contributed by atoms with Crippen molar-refractivity contribution < 1.29 is 15.0 Å². The Balaban J connectivity index is 3.43. The van der Waals surface area contributed by atoms with Crippen LogP contribution in [0.15, 0.2) is 24.3 Å². The van der Waals surface area contributed by atoms with E-state index in [0.29, 0.717) is 12.8 Å². The number of amides is 1. The van der Waals surface area contributed by atoms with Crippen LogP contribution in [-0.4, -0.2) is 34.9 Å². The molecule has 0 aromatic rings. The first-order valence-corrected chi connectivity index (χ1v) is 28.0. The van der Waals surface area contributed by atoms with Crippen LogP contribution in [0.5, 0.6) is 0 Å². The Morgan fingerprint density at radius 3 is 0.984 bits per heavy atom. The van der Waals surface area contributed by atoms with Crippen molar-refractivity contribution in [2.45, 2.75) is 328 Å². The molecule has 0 aromatic carbocycles. The molecule has 0 aliphatic heterocycles. The number of rotatable bonds is 52. The second kappa shape index (κ2) is 53.2. The monoisotopic (exact) mass is 858 g/mol. The molecule has 4 heteroatoms. The van der Waals surface area contributed by atoms with Gasteiger partial charge in [0.2, 0.25) is 5.91 Å². The summed E-state index contributed by atoms with van der Waals surface area (Å²) < 4.78 is 0. The van der Waals surface area contributed by atoms with Gasteiger partial charge in [0, 0.05) is 6.42 Å². The fourth-order valence-corrected chi connectivity index (χ4v) is 8.92. The Morgan fingerprint density at radius 1 is 0.393 bits per heavy atom. The first-order chi connectivity index (χ1) is 30.2. The number of carbonyl (C=O) groups is 1. The molecule has 0 radical (unpaired) electrons. The van der Waals surface area contributed by atoms with Crippen LogP contribution in [-0.2, 0) is 4.79 Å². The molecule has 2 atom stereocenters. The van der Waals surface area contributed by atoms with Crippen LogP contribution in [0.1, 0.15) is 316 Å². The highest BCUT2D eigenvalue weighted by Crippen LogP contribution is 2.18. The van der Waals surface area contributed by atoms with Gasteiger partial charge >= 0.3 is 0 Å². The van der Waals surface area contributed by atoms with E-state index in [4.69, 9.17) is 0 Å². The third-order valence-corrected chi connectivity index (χ3v) is 13.2. The lowest BCUT2D eigenvalue weighted by Crippen LogP contribution is -2.45. The van der Waals surface area contributed by atoms with Crippen LogP contribution >= 0.6 is 0 Å². The van der Waals surface area contributed by atoms with Crippen LogP contribution in [0, 0.1) is 0 Å². The van der Waals surface area contributed by atoms with Crippen LogP contribution in [0.4, 0.5) is 0 Å². The summed E-state index contributed by atoms with van der Waals surface area (Å²) in [5.41, 5.74) is 0. The van der Waals surface area contributed by atoms with Gasteiger partial charge in [0.05, 0.1) is 18.8 Å². The summed E-state index contributed by atoms with van der Waals surface area (Å²) in [7, 11) is 0. The number of aliphatic hydroxyl groups excluding tert-OH is 2. The SMILES string of the molecule is CCCCCCC/C=C\C/C=C\CCCCCCCCCCCCCCCCCCCC(=O)NC(CO)C(O)CCCCCCCCCCCCCCCCCCCCCC. The number of hydrogen-bond acceptors (Lipinski definition) is 3. The van der Waals surface area contributed by atoms with Gasteiger partial charge in [0.25, 0.3) is 0 Å². The molecule has 0 aromatic heterocycles. The van der Waals surface area contributed by atoms with Crippen molar-refractivity contribution >= 4 is 5.91 Å². The molecule has 0 aliphatic rings. The van der Waals surface area contributed by atoms with Gasteiger partial charge < -0.3 is 15.5 Å². The minimum atomic E-state index is -0.658. The van der Waals surface area contributed by atoms with Gasteiger partial charge in [-0.2, -0.15) is 0 Å². The Kier molecular flexibility index (Phi) is 52.2. The molecule has 1 amide bonds. The van der Waals surface area contributed by atoms with E-state index in [9.17, 15) is 15.0 Å². The molecular formula is C57H111NO3. The largest absolute Gasteiger partial charge is 0.394 e. The fourth-order valence-electron chi connectivity index (χ4n) is 8.92. The van der Waals surface area contributed by atoms with Gasteiger partial charge in [0.1, 0.15) is 0 Å². The van der Waals surface area contributed by atoms with Crippen LogP contribution in [0.25, 0.3) is 0 Å². The third-order valence-electron chi connectivity index (χ3n) is 13.2. The number of nitrogens with one attached hydrogen (secondary N) is 1. The molecule has 61 heavy (non-hydrogen) atoms. The standard InChI is InChI=1S/C57H111NO3/c1-3-5-7-9-11-13-15-17-19-21-23-25-26-27-28-29-30-31-32-33-35-37-39-41-43-45-47-49-51-53-57(61)58-55(54-59)56(60)52-50-48-46-44-42-40-38-36-34-24-22-20-18-16-14-12-10-8-6-4-2/h15,17,21,23,55-56,59-60H,3-14,16,18-20,22,24-54H2,1-2H3,(H,58,61)/b17-15-,23-21-. The average molecular weight is 859 g/mol. The van der Waals surface area contributed by atoms with E-state index in [1.807, 2.05) is 0 Å². The summed E-state index contributed by atoms with van der Waals surface area (Å²) in [4.78, 5) is 12.5. The van der Waals surface area contributed by atoms with Crippen LogP contribution in [0.3, 0.4) is 0 Å². The lowest BCUT2D eigenvalue weighted by Gasteiger charge is -2.22. The first-order valence-electron chi connectivity index (χ1n) is 28.0. The molecule has 4 nitrogen and oxygen atoms in total. The van der Waals surface area contributed by atoms with Crippen molar-refractivity contribution in [1.29, 1.82) is 0 Å². The smallest absolute Gasteiger partial charge is 0.220 e. The zero-order valence-corrected chi connectivity index (χ0v) is 41.7. The van der Waals surface area contributed by atoms with E-state index < -0.39 is 12.1 Å². The number of carbonyl (C=O) groups excluding carboxylic acids is 1. The summed E-state index contributed by atoms with van der Waals surface area (Å²) in [6.07, 6.45) is 70.2. The lowest BCUT2D eigenvalue weighted by atomic mass is 10.0. The van der Waals surface area contributed by atoms with Gasteiger partial charge in [-0.05, 0) is 44.9 Å². The molecule has 362 valence electrons. The predicted octanol–water partition coefficient (Wildman–Crippen LogP) is 18.3. The molecular weight excluding hydrogens is 747 g/mol. The lowest BCUT2D eigenvalue weighted by molar-refractivity contribution is -0.123. The van der Waals surface area contributed by atoms with Gasteiger partial charge in [-0.3, -0.25) is 4.79 Å². The van der Waals surface area contributed by atoms with Gasteiger partial charge in [0.15, 0.2) is 0 Å². The third kappa shape index (κ3) is 49.7. The Bertz CT molecular complexity index is 886. The van der Waals surface area contributed by atoms with E-state index >= 15 is 0 Å². The van der Waals surface area contributed by atoms with E-state index in [1.165, 1.54) is 257 Å². The first kappa shape index (κ1) is 59.9. The van der Waals surface area contributed by atoms with Crippen molar-refractivity contribution in [2.24, 2.45) is 0 Å². The number of allylic oxidation sites excluding steroid dienone is 4. The highest BCUT2D eigenvalue weighted by Gasteiger charge is 2.20. The minimum absolute atomic E-state index is 0.0255. The number of aliphatic hydroxyl groups is 2. The molecule has 0 fully saturated rings. The minimum Gasteiger partial charge on any atom is -0.394 e. The van der Waals surface area contributed by atoms with E-state index in [-0.39, 0.29) is 12.5 Å². The second-order valence-corrected chi connectivity index (χ2v) is 19.4. The highest BCUT2D eigenvalue weighted by molar-refractivity contribution is 5.76. The summed E-state index contributed by atoms with van der Waals surface area (Å²) >= 11 is 0. The molecule has 0 heterocycles. The van der Waals surface area contributed by atoms with E-state index in [2.05, 4.69) is 43.5 Å². The van der Waals surface area contributed by atoms with Crippen LogP contribution < -0.4 is 5.32 Å². The van der Waals surface area contributed by atoms with Gasteiger partial charge in [-0.1, -0.05) is 289 Å². The Labute approximate surface area is 383 Å². The number of unbranched alkanes of at least 4 members (excludes halogenated alkanes) is 41. The van der Waals surface area contributed by atoms with Crippen molar-refractivity contribution in [3.63, 3.8) is 0 Å². The Morgan fingerprint density at radius 2 is 0.672 bits per heavy atom. The molecule has 3 N–H and O–H groups in total.